The third-order valence-corrected chi connectivity index (χ3v) is 7.20. The van der Waals surface area contributed by atoms with Gasteiger partial charge in [0.05, 0.1) is 0 Å². The van der Waals surface area contributed by atoms with Crippen molar-refractivity contribution in [3.8, 4) is 0 Å². The third-order valence-electron chi connectivity index (χ3n) is 0.629. The molecule has 8 heteroatoms. The Kier molecular flexibility index (Phi) is 4.72. The van der Waals surface area contributed by atoms with Gasteiger partial charge in [0, 0.05) is 0 Å². The number of rotatable bonds is 3. The molecule has 0 rings (SSSR count). The first-order chi connectivity index (χ1) is 4.21. The molecule has 0 bridgehead atoms. The molecule has 0 radical (unpaired) electrons. The van der Waals surface area contributed by atoms with Crippen molar-refractivity contribution in [2.24, 2.45) is 0 Å². The zero-order valence-corrected chi connectivity index (χ0v) is 10.6. The minimum atomic E-state index is -3.49. The molecule has 10 heavy (non-hydrogen) atoms. The monoisotopic (exact) mass is 306 g/mol. The van der Waals surface area contributed by atoms with Gasteiger partial charge in [-0.1, -0.05) is 0 Å². The van der Waals surface area contributed by atoms with E-state index in [2.05, 4.69) is 0 Å². The quantitative estimate of drug-likeness (QED) is 0.592. The van der Waals surface area contributed by atoms with E-state index in [1.165, 1.54) is 0 Å². The van der Waals surface area contributed by atoms with Crippen molar-refractivity contribution in [1.29, 1.82) is 0 Å². The summed E-state index contributed by atoms with van der Waals surface area (Å²) in [4.78, 5) is 0. The van der Waals surface area contributed by atoms with Crippen LogP contribution in [0.4, 0.5) is 0 Å². The number of hydrogen-bond acceptors (Lipinski definition) is 2. The Morgan fingerprint density at radius 3 is 1.70 bits per heavy atom. The molecule has 0 aliphatic rings. The van der Waals surface area contributed by atoms with Crippen LogP contribution in [0.2, 0.25) is 5.25 Å². The zero-order valence-electron chi connectivity index (χ0n) is 4.65. The van der Waals surface area contributed by atoms with Crippen LogP contribution in [-0.2, 0) is 9.05 Å². The molecule has 0 fully saturated rings. The Hall–Kier alpha value is 1.65. The van der Waals surface area contributed by atoms with Gasteiger partial charge in [0.2, 0.25) is 0 Å². The van der Waals surface area contributed by atoms with Gasteiger partial charge in [-0.3, -0.25) is 0 Å². The van der Waals surface area contributed by atoms with Crippen molar-refractivity contribution < 1.29 is 8.42 Å². The molecule has 0 saturated carbocycles. The minimum absolute atomic E-state index is 0.0938. The summed E-state index contributed by atoms with van der Waals surface area (Å²) in [5.74, 6) is -0.245. The van der Waals surface area contributed by atoms with Gasteiger partial charge in [-0.25, -0.2) is 0 Å². The van der Waals surface area contributed by atoms with Crippen LogP contribution in [0.5, 0.6) is 0 Å². The van der Waals surface area contributed by atoms with Crippen LogP contribution >= 0.6 is 40.7 Å². The van der Waals surface area contributed by atoms with Gasteiger partial charge in [0.15, 0.2) is 0 Å². The maximum absolute atomic E-state index is 10.3. The fourth-order valence-corrected chi connectivity index (χ4v) is 8.52. The van der Waals surface area contributed by atoms with Crippen molar-refractivity contribution in [2.45, 2.75) is 5.25 Å². The van der Waals surface area contributed by atoms with Crippen LogP contribution in [0.15, 0.2) is 0 Å². The molecule has 0 unspecified atom stereocenters. The summed E-state index contributed by atoms with van der Waals surface area (Å²) in [6.07, 6.45) is 0. The van der Waals surface area contributed by atoms with Gasteiger partial charge in [0.25, 0.3) is 0 Å². The predicted molar refractivity (Wildman–Crippen MR) is 47.8 cm³/mol. The molecule has 0 aromatic heterocycles. The average molecular weight is 307 g/mol. The van der Waals surface area contributed by atoms with Crippen LogP contribution in [-0.4, -0.2) is 24.6 Å². The molecule has 0 aliphatic heterocycles. The molecule has 0 N–H and O–H groups in total. The fourth-order valence-electron chi connectivity index (χ4n) is 0.238. The van der Waals surface area contributed by atoms with Crippen LogP contribution in [0.25, 0.3) is 0 Å². The predicted octanol–water partition coefficient (Wildman–Crippen LogP) is 2.21. The van der Waals surface area contributed by atoms with E-state index < -0.39 is 19.5 Å². The van der Waals surface area contributed by atoms with E-state index in [0.717, 1.165) is 0 Å². The Morgan fingerprint density at radius 1 is 1.20 bits per heavy atom. The van der Waals surface area contributed by atoms with Crippen molar-refractivity contribution in [1.82, 2.24) is 0 Å². The van der Waals surface area contributed by atoms with Crippen LogP contribution in [0.1, 0.15) is 0 Å². The van der Waals surface area contributed by atoms with E-state index in [-0.39, 0.29) is 11.0 Å². The summed E-state index contributed by atoms with van der Waals surface area (Å²) < 4.78 is 20.6. The van der Waals surface area contributed by atoms with Crippen LogP contribution in [0, 0.1) is 0 Å². The molecular formula is C2H4Cl4GeO2S. The van der Waals surface area contributed by atoms with Gasteiger partial charge in [-0.05, 0) is 0 Å². The first-order valence-corrected chi connectivity index (χ1v) is 14.4. The Balaban J connectivity index is 3.79. The van der Waals surface area contributed by atoms with Crippen molar-refractivity contribution in [2.75, 3.05) is 5.75 Å². The van der Waals surface area contributed by atoms with Crippen LogP contribution in [0.3, 0.4) is 0 Å². The van der Waals surface area contributed by atoms with E-state index in [4.69, 9.17) is 40.7 Å². The molecule has 62 valence electrons. The zero-order chi connectivity index (χ0) is 8.41. The Labute approximate surface area is 79.1 Å². The van der Waals surface area contributed by atoms with Gasteiger partial charge >= 0.3 is 79.7 Å². The second kappa shape index (κ2) is 4.05. The molecule has 0 heterocycles. The van der Waals surface area contributed by atoms with Gasteiger partial charge < -0.3 is 0 Å². The summed E-state index contributed by atoms with van der Waals surface area (Å²) >= 11 is 0. The standard InChI is InChI=1S/C2H4Cl4GeO2S/c3-7(4,5)1-2-10(6,8)9/h1-2H2. The Morgan fingerprint density at radius 2 is 1.60 bits per heavy atom. The van der Waals surface area contributed by atoms with Crippen LogP contribution < -0.4 is 0 Å². The summed E-state index contributed by atoms with van der Waals surface area (Å²) in [5.41, 5.74) is 0. The van der Waals surface area contributed by atoms with Crippen molar-refractivity contribution >= 4 is 60.2 Å². The maximum atomic E-state index is 10.3. The molecule has 0 saturated heterocycles. The average Bonchev–Trinajstić information content (AvgIpc) is 1.57. The summed E-state index contributed by atoms with van der Waals surface area (Å²) in [6, 6.07) is 0. The second-order valence-electron chi connectivity index (χ2n) is 1.61. The van der Waals surface area contributed by atoms with Crippen molar-refractivity contribution in [3.05, 3.63) is 0 Å². The summed E-state index contributed by atoms with van der Waals surface area (Å²) in [5, 5.41) is 0.0938. The first kappa shape index (κ1) is 11.7. The molecule has 2 nitrogen and oxygen atoms in total. The summed E-state index contributed by atoms with van der Waals surface area (Å²) in [6.45, 7) is 0. The fraction of sp³-hybridized carbons (Fsp3) is 1.00. The topological polar surface area (TPSA) is 34.1 Å². The second-order valence-corrected chi connectivity index (χ2v) is 21.2. The van der Waals surface area contributed by atoms with Gasteiger partial charge in [0.1, 0.15) is 0 Å². The molecule has 0 aromatic carbocycles. The molecular weight excluding hydrogens is 303 g/mol. The summed E-state index contributed by atoms with van der Waals surface area (Å²) in [7, 11) is 14.4. The molecule has 0 aliphatic carbocycles. The number of halogens is 4. The van der Waals surface area contributed by atoms with Gasteiger partial charge in [-0.2, -0.15) is 0 Å². The van der Waals surface area contributed by atoms with E-state index in [9.17, 15) is 8.42 Å². The Bertz CT molecular complexity index is 194. The first-order valence-electron chi connectivity index (χ1n) is 2.20. The molecule has 0 amide bonds. The molecule has 0 aromatic rings. The molecule has 0 spiro atoms. The third kappa shape index (κ3) is 9.65. The van der Waals surface area contributed by atoms with Gasteiger partial charge in [-0.15, -0.1) is 0 Å². The van der Waals surface area contributed by atoms with E-state index in [1.807, 2.05) is 0 Å². The van der Waals surface area contributed by atoms with E-state index >= 15 is 0 Å². The van der Waals surface area contributed by atoms with E-state index in [0.29, 0.717) is 0 Å². The van der Waals surface area contributed by atoms with Crippen molar-refractivity contribution in [3.63, 3.8) is 0 Å². The SMILES string of the molecule is O=S(=O)(Cl)C[CH2][Ge]([Cl])([Cl])[Cl]. The van der Waals surface area contributed by atoms with E-state index in [1.54, 1.807) is 0 Å². The molecule has 0 atom stereocenters. The number of hydrogen-bond donors (Lipinski definition) is 0. The normalized spacial score (nSPS) is 13.6.